The Hall–Kier alpha value is -3.08. The van der Waals surface area contributed by atoms with Crippen molar-refractivity contribution < 1.29 is 20.4 Å². The van der Waals surface area contributed by atoms with Crippen LogP contribution in [0.25, 0.3) is 5.57 Å². The smallest absolute Gasteiger partial charge is 0.115 e. The van der Waals surface area contributed by atoms with E-state index in [1.165, 1.54) is 16.7 Å². The summed E-state index contributed by atoms with van der Waals surface area (Å²) in [5, 5.41) is 43.4. The molecule has 1 aromatic rings. The van der Waals surface area contributed by atoms with Gasteiger partial charge in [0.25, 0.3) is 0 Å². The fourth-order valence-corrected chi connectivity index (χ4v) is 7.50. The normalized spacial score (nSPS) is 34.0. The molecule has 0 fully saturated rings. The summed E-state index contributed by atoms with van der Waals surface area (Å²) in [5.74, 6) is 0.624. The number of benzene rings is 1. The lowest BCUT2D eigenvalue weighted by Gasteiger charge is -2.49. The van der Waals surface area contributed by atoms with Crippen molar-refractivity contribution in [2.75, 3.05) is 0 Å². The van der Waals surface area contributed by atoms with Crippen LogP contribution in [0.3, 0.4) is 0 Å². The molecule has 0 radical (unpaired) electrons. The van der Waals surface area contributed by atoms with Crippen LogP contribution in [-0.4, -0.2) is 32.6 Å². The maximum Gasteiger partial charge on any atom is 0.115 e. The average Bonchev–Trinajstić information content (AvgIpc) is 2.92. The second-order valence-corrected chi connectivity index (χ2v) is 11.2. The van der Waals surface area contributed by atoms with E-state index >= 15 is 0 Å². The van der Waals surface area contributed by atoms with E-state index in [2.05, 4.69) is 48.6 Å². The Bertz CT molecular complexity index is 1260. The summed E-state index contributed by atoms with van der Waals surface area (Å²) in [4.78, 5) is 0. The fourth-order valence-electron chi connectivity index (χ4n) is 7.50. The SMILES string of the molecule is OC1=CC2=CCC(O)C(C(C3=CC=C(c4ccccc4)CC3)C3C(O)CC=C4C=C(O)CCC43)C2C=C1. The third-order valence-electron chi connectivity index (χ3n) is 9.19. The van der Waals surface area contributed by atoms with Gasteiger partial charge in [0.15, 0.2) is 0 Å². The lowest BCUT2D eigenvalue weighted by molar-refractivity contribution is -0.0201. The molecule has 0 bridgehead atoms. The van der Waals surface area contributed by atoms with Crippen LogP contribution in [0, 0.1) is 29.6 Å². The van der Waals surface area contributed by atoms with Gasteiger partial charge < -0.3 is 20.4 Å². The van der Waals surface area contributed by atoms with Crippen LogP contribution in [-0.2, 0) is 0 Å². The fraction of sp³-hybridized carbons (Fsp3) is 0.394. The molecule has 5 aliphatic carbocycles. The van der Waals surface area contributed by atoms with Gasteiger partial charge in [0.2, 0.25) is 0 Å². The van der Waals surface area contributed by atoms with Gasteiger partial charge in [-0.3, -0.25) is 0 Å². The maximum absolute atomic E-state index is 11.5. The minimum absolute atomic E-state index is 0.0147. The highest BCUT2D eigenvalue weighted by Crippen LogP contribution is 2.53. The zero-order chi connectivity index (χ0) is 25.5. The molecule has 5 aliphatic rings. The summed E-state index contributed by atoms with van der Waals surface area (Å²) in [7, 11) is 0. The van der Waals surface area contributed by atoms with Crippen LogP contribution < -0.4 is 0 Å². The van der Waals surface area contributed by atoms with Crippen molar-refractivity contribution in [1.29, 1.82) is 0 Å². The van der Waals surface area contributed by atoms with E-state index in [0.717, 1.165) is 30.4 Å². The number of allylic oxidation sites excluding steroid dienone is 11. The topological polar surface area (TPSA) is 80.9 Å². The molecule has 4 nitrogen and oxygen atoms in total. The number of hydrogen-bond acceptors (Lipinski definition) is 4. The number of hydrogen-bond donors (Lipinski definition) is 4. The molecule has 0 saturated heterocycles. The monoisotopic (exact) mass is 496 g/mol. The van der Waals surface area contributed by atoms with Crippen molar-refractivity contribution in [2.45, 2.75) is 50.7 Å². The third-order valence-corrected chi connectivity index (χ3v) is 9.19. The van der Waals surface area contributed by atoms with Crippen molar-refractivity contribution in [3.8, 4) is 0 Å². The maximum atomic E-state index is 11.5. The van der Waals surface area contributed by atoms with Crippen molar-refractivity contribution >= 4 is 5.57 Å². The van der Waals surface area contributed by atoms with E-state index < -0.39 is 12.2 Å². The van der Waals surface area contributed by atoms with Crippen LogP contribution in [0.1, 0.15) is 44.1 Å². The first-order valence-corrected chi connectivity index (χ1v) is 13.7. The minimum Gasteiger partial charge on any atom is -0.512 e. The van der Waals surface area contributed by atoms with E-state index in [-0.39, 0.29) is 35.3 Å². The van der Waals surface area contributed by atoms with Gasteiger partial charge in [0, 0.05) is 18.3 Å². The highest BCUT2D eigenvalue weighted by molar-refractivity contribution is 5.68. The molecule has 7 unspecified atom stereocenters. The second kappa shape index (κ2) is 10.00. The Morgan fingerprint density at radius 3 is 2.30 bits per heavy atom. The Labute approximate surface area is 219 Å². The molecular weight excluding hydrogens is 460 g/mol. The molecule has 0 spiro atoms. The van der Waals surface area contributed by atoms with Gasteiger partial charge in [0.05, 0.1) is 18.0 Å². The van der Waals surface area contributed by atoms with Gasteiger partial charge in [-0.05, 0) is 90.4 Å². The molecule has 0 heterocycles. The van der Waals surface area contributed by atoms with Crippen LogP contribution in [0.2, 0.25) is 0 Å². The summed E-state index contributed by atoms with van der Waals surface area (Å²) in [5.41, 5.74) is 6.02. The first kappa shape index (κ1) is 24.3. The molecule has 0 aromatic heterocycles. The molecule has 6 rings (SSSR count). The van der Waals surface area contributed by atoms with Crippen molar-refractivity contribution in [1.82, 2.24) is 0 Å². The highest BCUT2D eigenvalue weighted by atomic mass is 16.3. The molecule has 0 saturated carbocycles. The minimum atomic E-state index is -0.536. The molecule has 1 aromatic carbocycles. The molecular formula is C33H36O4. The molecule has 4 heteroatoms. The number of rotatable bonds is 4. The standard InChI is InChI=1S/C33H36O4/c34-25-12-14-27-23(18-25)10-16-29(36)32(27)31(22-8-6-21(7-9-22)20-4-2-1-3-5-20)33-28-15-13-26(35)19-24(28)11-17-30(33)37/h1-6,8,10-12,14,18-19,27-37H,7,9,13,15-17H2. The highest BCUT2D eigenvalue weighted by Gasteiger charge is 2.49. The number of aliphatic hydroxyl groups is 4. The zero-order valence-electron chi connectivity index (χ0n) is 21.1. The first-order valence-electron chi connectivity index (χ1n) is 13.7. The van der Waals surface area contributed by atoms with E-state index in [0.29, 0.717) is 25.0 Å². The molecule has 0 amide bonds. The average molecular weight is 497 g/mol. The largest absolute Gasteiger partial charge is 0.512 e. The van der Waals surface area contributed by atoms with E-state index in [9.17, 15) is 20.4 Å². The number of aliphatic hydroxyl groups excluding tert-OH is 4. The molecule has 37 heavy (non-hydrogen) atoms. The van der Waals surface area contributed by atoms with Crippen molar-refractivity contribution in [3.05, 3.63) is 113 Å². The van der Waals surface area contributed by atoms with E-state index in [1.807, 2.05) is 24.3 Å². The summed E-state index contributed by atoms with van der Waals surface area (Å²) in [6.07, 6.45) is 19.4. The van der Waals surface area contributed by atoms with Crippen molar-refractivity contribution in [2.24, 2.45) is 29.6 Å². The van der Waals surface area contributed by atoms with Crippen LogP contribution >= 0.6 is 0 Å². The lowest BCUT2D eigenvalue weighted by Crippen LogP contribution is -2.48. The van der Waals surface area contributed by atoms with Crippen LogP contribution in [0.5, 0.6) is 0 Å². The van der Waals surface area contributed by atoms with Gasteiger partial charge in [-0.1, -0.05) is 66.3 Å². The quantitative estimate of drug-likeness (QED) is 0.384. The van der Waals surface area contributed by atoms with Gasteiger partial charge in [-0.25, -0.2) is 0 Å². The van der Waals surface area contributed by atoms with Gasteiger partial charge in [-0.15, -0.1) is 0 Å². The summed E-state index contributed by atoms with van der Waals surface area (Å²) < 4.78 is 0. The summed E-state index contributed by atoms with van der Waals surface area (Å²) in [6, 6.07) is 10.5. The van der Waals surface area contributed by atoms with E-state index in [4.69, 9.17) is 0 Å². The molecule has 192 valence electrons. The van der Waals surface area contributed by atoms with Gasteiger partial charge in [0.1, 0.15) is 5.76 Å². The van der Waals surface area contributed by atoms with Gasteiger partial charge in [-0.2, -0.15) is 0 Å². The predicted octanol–water partition coefficient (Wildman–Crippen LogP) is 6.50. The summed E-state index contributed by atoms with van der Waals surface area (Å²) >= 11 is 0. The predicted molar refractivity (Wildman–Crippen MR) is 146 cm³/mol. The molecule has 0 aliphatic heterocycles. The van der Waals surface area contributed by atoms with Crippen LogP contribution in [0.15, 0.2) is 107 Å². The Balaban J connectivity index is 1.44. The van der Waals surface area contributed by atoms with E-state index in [1.54, 1.807) is 6.08 Å². The number of fused-ring (bicyclic) bond motifs is 2. The third kappa shape index (κ3) is 4.58. The molecule has 4 N–H and O–H groups in total. The second-order valence-electron chi connectivity index (χ2n) is 11.2. The lowest BCUT2D eigenvalue weighted by atomic mass is 9.56. The molecule has 7 atom stereocenters. The van der Waals surface area contributed by atoms with Gasteiger partial charge >= 0.3 is 0 Å². The Morgan fingerprint density at radius 2 is 1.54 bits per heavy atom. The summed E-state index contributed by atoms with van der Waals surface area (Å²) in [6.45, 7) is 0. The first-order chi connectivity index (χ1) is 18.0. The Kier molecular flexibility index (Phi) is 6.56. The zero-order valence-corrected chi connectivity index (χ0v) is 21.1. The Morgan fingerprint density at radius 1 is 0.784 bits per heavy atom. The van der Waals surface area contributed by atoms with Crippen molar-refractivity contribution in [3.63, 3.8) is 0 Å². The van der Waals surface area contributed by atoms with Crippen LogP contribution in [0.4, 0.5) is 0 Å².